The highest BCUT2D eigenvalue weighted by molar-refractivity contribution is 5.89. The summed E-state index contributed by atoms with van der Waals surface area (Å²) in [5.74, 6) is 0.0958. The van der Waals surface area contributed by atoms with E-state index in [0.717, 1.165) is 45.6 Å². The van der Waals surface area contributed by atoms with Crippen molar-refractivity contribution in [2.75, 3.05) is 44.2 Å². The van der Waals surface area contributed by atoms with E-state index in [-0.39, 0.29) is 17.7 Å². The number of hydrogen-bond acceptors (Lipinski definition) is 3. The number of carbonyl (C=O) groups is 2. The number of amides is 2. The molecule has 0 N–H and O–H groups in total. The molecule has 5 nitrogen and oxygen atoms in total. The van der Waals surface area contributed by atoms with E-state index in [1.165, 1.54) is 11.3 Å². The fourth-order valence-electron chi connectivity index (χ4n) is 4.35. The van der Waals surface area contributed by atoms with Gasteiger partial charge in [0.05, 0.1) is 5.92 Å². The molecule has 2 fully saturated rings. The third kappa shape index (κ3) is 4.78. The first-order chi connectivity index (χ1) is 14.2. The van der Waals surface area contributed by atoms with E-state index in [2.05, 4.69) is 29.2 Å². The fourth-order valence-corrected chi connectivity index (χ4v) is 4.35. The average molecular weight is 392 g/mol. The van der Waals surface area contributed by atoms with Gasteiger partial charge in [0.1, 0.15) is 0 Å². The van der Waals surface area contributed by atoms with Crippen LogP contribution < -0.4 is 4.90 Å². The number of likely N-dealkylation sites (tertiary alicyclic amines) is 1. The molecule has 29 heavy (non-hydrogen) atoms. The molecule has 2 aromatic rings. The molecule has 0 saturated carbocycles. The second-order valence-electron chi connectivity index (χ2n) is 7.98. The smallest absolute Gasteiger partial charge is 0.228 e. The largest absolute Gasteiger partial charge is 0.368 e. The maximum atomic E-state index is 13.0. The summed E-state index contributed by atoms with van der Waals surface area (Å²) >= 11 is 0. The SMILES string of the molecule is O=C1CC(C(=O)N2CCN(c3ccccc3)CC2)CN1CCCc1ccccc1. The van der Waals surface area contributed by atoms with Gasteiger partial charge in [0.2, 0.25) is 11.8 Å². The first-order valence-corrected chi connectivity index (χ1v) is 10.6. The van der Waals surface area contributed by atoms with Crippen LogP contribution in [-0.2, 0) is 16.0 Å². The molecule has 0 radical (unpaired) electrons. The third-order valence-corrected chi connectivity index (χ3v) is 6.01. The van der Waals surface area contributed by atoms with E-state index in [4.69, 9.17) is 0 Å². The molecule has 0 aliphatic carbocycles. The summed E-state index contributed by atoms with van der Waals surface area (Å²) in [5, 5.41) is 0. The molecule has 0 bridgehead atoms. The molecule has 5 heteroatoms. The molecule has 0 spiro atoms. The maximum absolute atomic E-state index is 13.0. The molecule has 2 amide bonds. The summed E-state index contributed by atoms with van der Waals surface area (Å²) in [4.78, 5) is 31.5. The van der Waals surface area contributed by atoms with Crippen molar-refractivity contribution in [1.29, 1.82) is 0 Å². The quantitative estimate of drug-likeness (QED) is 0.761. The van der Waals surface area contributed by atoms with E-state index >= 15 is 0 Å². The highest BCUT2D eigenvalue weighted by atomic mass is 16.2. The fraction of sp³-hybridized carbons (Fsp3) is 0.417. The van der Waals surface area contributed by atoms with Crippen molar-refractivity contribution in [3.63, 3.8) is 0 Å². The van der Waals surface area contributed by atoms with Crippen LogP contribution in [0.3, 0.4) is 0 Å². The molecule has 2 aromatic carbocycles. The second kappa shape index (κ2) is 9.12. The van der Waals surface area contributed by atoms with Gasteiger partial charge in [-0.25, -0.2) is 0 Å². The number of benzene rings is 2. The highest BCUT2D eigenvalue weighted by Gasteiger charge is 2.36. The predicted octanol–water partition coefficient (Wildman–Crippen LogP) is 2.82. The van der Waals surface area contributed by atoms with Crippen LogP contribution in [0.25, 0.3) is 0 Å². The number of piperazine rings is 1. The Morgan fingerprint density at radius 1 is 0.897 bits per heavy atom. The van der Waals surface area contributed by atoms with E-state index in [1.54, 1.807) is 0 Å². The zero-order valence-electron chi connectivity index (χ0n) is 16.9. The summed E-state index contributed by atoms with van der Waals surface area (Å²) in [5.41, 5.74) is 2.50. The lowest BCUT2D eigenvalue weighted by Crippen LogP contribution is -2.50. The van der Waals surface area contributed by atoms with Crippen molar-refractivity contribution in [1.82, 2.24) is 9.80 Å². The van der Waals surface area contributed by atoms with Crippen molar-refractivity contribution in [2.45, 2.75) is 19.3 Å². The number of carbonyl (C=O) groups excluding carboxylic acids is 2. The van der Waals surface area contributed by atoms with Gasteiger partial charge in [0, 0.05) is 51.4 Å². The van der Waals surface area contributed by atoms with E-state index in [9.17, 15) is 9.59 Å². The van der Waals surface area contributed by atoms with Gasteiger partial charge < -0.3 is 14.7 Å². The van der Waals surface area contributed by atoms with Gasteiger partial charge in [-0.1, -0.05) is 48.5 Å². The molecule has 1 atom stereocenters. The van der Waals surface area contributed by atoms with Crippen LogP contribution in [0, 0.1) is 5.92 Å². The number of hydrogen-bond donors (Lipinski definition) is 0. The van der Waals surface area contributed by atoms with Crippen LogP contribution >= 0.6 is 0 Å². The normalized spacial score (nSPS) is 19.7. The molecular weight excluding hydrogens is 362 g/mol. The number of rotatable bonds is 6. The molecular formula is C24H29N3O2. The Labute approximate surface area is 172 Å². The first-order valence-electron chi connectivity index (χ1n) is 10.6. The van der Waals surface area contributed by atoms with Gasteiger partial charge in [-0.05, 0) is 30.5 Å². The molecule has 0 aromatic heterocycles. The van der Waals surface area contributed by atoms with Crippen LogP contribution in [0.1, 0.15) is 18.4 Å². The van der Waals surface area contributed by atoms with Crippen molar-refractivity contribution in [2.24, 2.45) is 5.92 Å². The molecule has 2 heterocycles. The monoisotopic (exact) mass is 391 g/mol. The Kier molecular flexibility index (Phi) is 6.13. The highest BCUT2D eigenvalue weighted by Crippen LogP contribution is 2.23. The van der Waals surface area contributed by atoms with Gasteiger partial charge >= 0.3 is 0 Å². The van der Waals surface area contributed by atoms with Crippen molar-refractivity contribution in [3.8, 4) is 0 Å². The van der Waals surface area contributed by atoms with Crippen LogP contribution in [0.2, 0.25) is 0 Å². The zero-order valence-corrected chi connectivity index (χ0v) is 16.9. The minimum Gasteiger partial charge on any atom is -0.368 e. The molecule has 4 rings (SSSR count). The van der Waals surface area contributed by atoms with Gasteiger partial charge in [0.25, 0.3) is 0 Å². The molecule has 152 valence electrons. The topological polar surface area (TPSA) is 43.9 Å². The first kappa shape index (κ1) is 19.5. The average Bonchev–Trinajstić information content (AvgIpc) is 3.15. The number of nitrogens with zero attached hydrogens (tertiary/aromatic N) is 3. The Hall–Kier alpha value is -2.82. The number of aryl methyl sites for hydroxylation is 1. The van der Waals surface area contributed by atoms with Gasteiger partial charge in [-0.3, -0.25) is 9.59 Å². The van der Waals surface area contributed by atoms with Crippen LogP contribution in [0.5, 0.6) is 0 Å². The van der Waals surface area contributed by atoms with Gasteiger partial charge in [-0.2, -0.15) is 0 Å². The lowest BCUT2D eigenvalue weighted by Gasteiger charge is -2.37. The van der Waals surface area contributed by atoms with E-state index in [0.29, 0.717) is 13.0 Å². The maximum Gasteiger partial charge on any atom is 0.228 e. The van der Waals surface area contributed by atoms with Crippen molar-refractivity contribution >= 4 is 17.5 Å². The Bertz CT molecular complexity index is 817. The van der Waals surface area contributed by atoms with E-state index in [1.807, 2.05) is 46.2 Å². The van der Waals surface area contributed by atoms with Crippen molar-refractivity contribution < 1.29 is 9.59 Å². The Morgan fingerprint density at radius 3 is 2.24 bits per heavy atom. The van der Waals surface area contributed by atoms with Gasteiger partial charge in [-0.15, -0.1) is 0 Å². The minimum atomic E-state index is -0.178. The van der Waals surface area contributed by atoms with Crippen LogP contribution in [0.15, 0.2) is 60.7 Å². The molecule has 2 aliphatic heterocycles. The summed E-state index contributed by atoms with van der Waals surface area (Å²) in [6.07, 6.45) is 2.26. The van der Waals surface area contributed by atoms with Crippen LogP contribution in [0.4, 0.5) is 5.69 Å². The van der Waals surface area contributed by atoms with Gasteiger partial charge in [0.15, 0.2) is 0 Å². The third-order valence-electron chi connectivity index (χ3n) is 6.01. The molecule has 1 unspecified atom stereocenters. The predicted molar refractivity (Wildman–Crippen MR) is 115 cm³/mol. The zero-order chi connectivity index (χ0) is 20.1. The second-order valence-corrected chi connectivity index (χ2v) is 7.98. The molecule has 2 saturated heterocycles. The van der Waals surface area contributed by atoms with Crippen molar-refractivity contribution in [3.05, 3.63) is 66.2 Å². The Balaban J connectivity index is 1.24. The van der Waals surface area contributed by atoms with Crippen LogP contribution in [-0.4, -0.2) is 60.9 Å². The number of anilines is 1. The minimum absolute atomic E-state index is 0.124. The summed E-state index contributed by atoms with van der Waals surface area (Å²) < 4.78 is 0. The lowest BCUT2D eigenvalue weighted by molar-refractivity contribution is -0.136. The molecule has 2 aliphatic rings. The standard InChI is InChI=1S/C24H29N3O2/c28-23-18-21(19-27(23)13-7-10-20-8-3-1-4-9-20)24(29)26-16-14-25(15-17-26)22-11-5-2-6-12-22/h1-6,8-9,11-12,21H,7,10,13-19H2. The lowest BCUT2D eigenvalue weighted by atomic mass is 10.1. The summed E-state index contributed by atoms with van der Waals surface area (Å²) in [7, 11) is 0. The summed E-state index contributed by atoms with van der Waals surface area (Å²) in [6, 6.07) is 20.7. The summed E-state index contributed by atoms with van der Waals surface area (Å²) in [6.45, 7) is 4.46. The van der Waals surface area contributed by atoms with E-state index < -0.39 is 0 Å². The Morgan fingerprint density at radius 2 is 1.55 bits per heavy atom. The number of para-hydroxylation sites is 1.